The quantitative estimate of drug-likeness (QED) is 0.296. The van der Waals surface area contributed by atoms with Crippen molar-refractivity contribution in [2.24, 2.45) is 0 Å². The zero-order valence-electron chi connectivity index (χ0n) is 24.5. The molecule has 0 saturated carbocycles. The van der Waals surface area contributed by atoms with Crippen LogP contribution in [0.5, 0.6) is 11.5 Å². The van der Waals surface area contributed by atoms with Crippen molar-refractivity contribution in [1.82, 2.24) is 14.8 Å². The molecule has 5 rings (SSSR count). The van der Waals surface area contributed by atoms with Crippen molar-refractivity contribution < 1.29 is 50.2 Å². The normalized spacial score (nSPS) is 22.2. The highest BCUT2D eigenvalue weighted by molar-refractivity contribution is 5.97. The zero-order valence-corrected chi connectivity index (χ0v) is 24.5. The SMILES string of the molecule is CCC1N(C(=O)c2cnccc2C(F)(F)F)CCC[C@@]1(Oc1ccc(C(F)(F)F)cc1)C(=O)N1CCC(c2c(O)cccc2F)C1. The molecule has 2 unspecified atom stereocenters. The first kappa shape index (κ1) is 33.0. The molecule has 2 fully saturated rings. The van der Waals surface area contributed by atoms with Gasteiger partial charge in [0.15, 0.2) is 0 Å². The van der Waals surface area contributed by atoms with Crippen LogP contribution in [-0.2, 0) is 17.1 Å². The van der Waals surface area contributed by atoms with E-state index in [1.165, 1.54) is 23.1 Å². The standard InChI is InChI=1S/C32H30F7N3O4/c1-2-26-30(46-21-9-7-20(8-10-21)31(34,35)36,29(45)41-16-12-19(18-41)27-24(33)5-3-6-25(27)43)13-4-15-42(26)28(44)22-17-40-14-11-23(22)32(37,38)39/h3,5-11,14,17,19,26,43H,2,4,12-13,15-16,18H2,1H3/t19?,26?,30-/m0/s1. The van der Waals surface area contributed by atoms with Gasteiger partial charge in [-0.15, -0.1) is 0 Å². The lowest BCUT2D eigenvalue weighted by Gasteiger charge is -2.49. The van der Waals surface area contributed by atoms with Crippen molar-refractivity contribution >= 4 is 11.8 Å². The number of carbonyl (C=O) groups is 2. The van der Waals surface area contributed by atoms with Crippen LogP contribution in [0.15, 0.2) is 60.9 Å². The molecule has 0 spiro atoms. The Morgan fingerprint density at radius 3 is 2.37 bits per heavy atom. The minimum atomic E-state index is -4.88. The highest BCUT2D eigenvalue weighted by atomic mass is 19.4. The number of amides is 2. The second kappa shape index (κ2) is 12.4. The van der Waals surface area contributed by atoms with Gasteiger partial charge in [0.25, 0.3) is 11.8 Å². The van der Waals surface area contributed by atoms with Gasteiger partial charge in [0.05, 0.1) is 22.7 Å². The molecule has 7 nitrogen and oxygen atoms in total. The first-order valence-corrected chi connectivity index (χ1v) is 14.6. The summed E-state index contributed by atoms with van der Waals surface area (Å²) in [6.45, 7) is 1.64. The van der Waals surface area contributed by atoms with Crippen molar-refractivity contribution in [2.75, 3.05) is 19.6 Å². The van der Waals surface area contributed by atoms with Crippen LogP contribution in [0.25, 0.3) is 0 Å². The van der Waals surface area contributed by atoms with Crippen LogP contribution < -0.4 is 4.74 Å². The predicted octanol–water partition coefficient (Wildman–Crippen LogP) is 6.81. The van der Waals surface area contributed by atoms with Gasteiger partial charge in [-0.2, -0.15) is 26.3 Å². The van der Waals surface area contributed by atoms with Gasteiger partial charge in [0.2, 0.25) is 5.60 Å². The average Bonchev–Trinajstić information content (AvgIpc) is 3.49. The minimum Gasteiger partial charge on any atom is -0.508 e. The summed E-state index contributed by atoms with van der Waals surface area (Å²) >= 11 is 0. The summed E-state index contributed by atoms with van der Waals surface area (Å²) in [6, 6.07) is 7.00. The van der Waals surface area contributed by atoms with Crippen LogP contribution in [0.4, 0.5) is 30.7 Å². The zero-order chi connectivity index (χ0) is 33.4. The Morgan fingerprint density at radius 1 is 1.02 bits per heavy atom. The van der Waals surface area contributed by atoms with Gasteiger partial charge in [-0.1, -0.05) is 13.0 Å². The largest absolute Gasteiger partial charge is 0.508 e. The van der Waals surface area contributed by atoms with E-state index < -0.39 is 64.2 Å². The van der Waals surface area contributed by atoms with E-state index in [4.69, 9.17) is 4.74 Å². The number of aromatic nitrogens is 1. The molecule has 3 aromatic rings. The molecule has 3 heterocycles. The Labute approximate surface area is 259 Å². The van der Waals surface area contributed by atoms with Gasteiger partial charge in [-0.05, 0) is 61.7 Å². The summed E-state index contributed by atoms with van der Waals surface area (Å²) in [7, 11) is 0. The number of ether oxygens (including phenoxy) is 1. The average molecular weight is 654 g/mol. The van der Waals surface area contributed by atoms with E-state index in [9.17, 15) is 45.4 Å². The van der Waals surface area contributed by atoms with Crippen LogP contribution in [0.3, 0.4) is 0 Å². The second-order valence-electron chi connectivity index (χ2n) is 11.4. The number of alkyl halides is 6. The summed E-state index contributed by atoms with van der Waals surface area (Å²) in [5.74, 6) is -3.35. The van der Waals surface area contributed by atoms with Crippen molar-refractivity contribution in [3.05, 3.63) is 89.0 Å². The Bertz CT molecular complexity index is 1580. The fraction of sp³-hybridized carbons (Fsp3) is 0.406. The first-order valence-electron chi connectivity index (χ1n) is 14.6. The lowest BCUT2D eigenvalue weighted by atomic mass is 9.80. The number of phenols is 1. The number of likely N-dealkylation sites (tertiary alicyclic amines) is 2. The van der Waals surface area contributed by atoms with E-state index >= 15 is 0 Å². The number of nitrogens with zero attached hydrogens (tertiary/aromatic N) is 3. The molecule has 2 aliphatic rings. The van der Waals surface area contributed by atoms with Crippen molar-refractivity contribution in [3.63, 3.8) is 0 Å². The topological polar surface area (TPSA) is 83.0 Å². The highest BCUT2D eigenvalue weighted by Gasteiger charge is 2.56. The molecule has 14 heteroatoms. The fourth-order valence-electron chi connectivity index (χ4n) is 6.56. The first-order chi connectivity index (χ1) is 21.7. The van der Waals surface area contributed by atoms with E-state index in [-0.39, 0.29) is 62.4 Å². The molecule has 3 atom stereocenters. The van der Waals surface area contributed by atoms with Gasteiger partial charge in [0, 0.05) is 49.9 Å². The molecule has 0 bridgehead atoms. The molecule has 2 amide bonds. The highest BCUT2D eigenvalue weighted by Crippen LogP contribution is 2.42. The predicted molar refractivity (Wildman–Crippen MR) is 150 cm³/mol. The number of rotatable bonds is 6. The van der Waals surface area contributed by atoms with Crippen LogP contribution in [0.2, 0.25) is 0 Å². The van der Waals surface area contributed by atoms with Crippen LogP contribution in [0.1, 0.15) is 65.6 Å². The Balaban J connectivity index is 1.55. The Hall–Kier alpha value is -4.36. The smallest absolute Gasteiger partial charge is 0.417 e. The van der Waals surface area contributed by atoms with Crippen LogP contribution in [-0.4, -0.2) is 63.0 Å². The molecule has 2 aromatic carbocycles. The number of pyridine rings is 1. The van der Waals surface area contributed by atoms with Crippen molar-refractivity contribution in [1.29, 1.82) is 0 Å². The Morgan fingerprint density at radius 2 is 1.74 bits per heavy atom. The summed E-state index contributed by atoms with van der Waals surface area (Å²) in [4.78, 5) is 34.6. The molecular weight excluding hydrogens is 623 g/mol. The molecular formula is C32H30F7N3O4. The lowest BCUT2D eigenvalue weighted by Crippen LogP contribution is -2.67. The number of halogens is 7. The third-order valence-electron chi connectivity index (χ3n) is 8.62. The number of piperidine rings is 1. The molecule has 246 valence electrons. The maximum absolute atomic E-state index is 14.7. The number of hydrogen-bond acceptors (Lipinski definition) is 5. The third kappa shape index (κ3) is 6.21. The van der Waals surface area contributed by atoms with Gasteiger partial charge < -0.3 is 19.6 Å². The molecule has 0 aliphatic carbocycles. The van der Waals surface area contributed by atoms with Gasteiger partial charge >= 0.3 is 12.4 Å². The minimum absolute atomic E-state index is 0.0135. The number of aromatic hydroxyl groups is 1. The number of phenolic OH excluding ortho intramolecular Hbond substituents is 1. The van der Waals surface area contributed by atoms with Crippen LogP contribution in [0, 0.1) is 5.82 Å². The van der Waals surface area contributed by atoms with E-state index in [0.717, 1.165) is 41.6 Å². The van der Waals surface area contributed by atoms with E-state index in [2.05, 4.69) is 4.98 Å². The third-order valence-corrected chi connectivity index (χ3v) is 8.62. The number of benzene rings is 2. The number of hydrogen-bond donors (Lipinski definition) is 1. The van der Waals surface area contributed by atoms with E-state index in [1.54, 1.807) is 6.92 Å². The lowest BCUT2D eigenvalue weighted by molar-refractivity contribution is -0.158. The summed E-state index contributed by atoms with van der Waals surface area (Å²) in [5, 5.41) is 10.3. The number of carbonyl (C=O) groups excluding carboxylic acids is 2. The van der Waals surface area contributed by atoms with Gasteiger partial charge in [0.1, 0.15) is 17.3 Å². The maximum Gasteiger partial charge on any atom is 0.417 e. The monoisotopic (exact) mass is 653 g/mol. The molecule has 2 saturated heterocycles. The molecule has 46 heavy (non-hydrogen) atoms. The van der Waals surface area contributed by atoms with E-state index in [1.807, 2.05) is 0 Å². The summed E-state index contributed by atoms with van der Waals surface area (Å²) in [6.07, 6.45) is -7.41. The summed E-state index contributed by atoms with van der Waals surface area (Å²) < 4.78 is 102. The fourth-order valence-corrected chi connectivity index (χ4v) is 6.56. The molecule has 0 radical (unpaired) electrons. The maximum atomic E-state index is 14.7. The second-order valence-corrected chi connectivity index (χ2v) is 11.4. The van der Waals surface area contributed by atoms with Crippen molar-refractivity contribution in [3.8, 4) is 11.5 Å². The molecule has 1 N–H and O–H groups in total. The van der Waals surface area contributed by atoms with Crippen molar-refractivity contribution in [2.45, 2.75) is 62.5 Å². The van der Waals surface area contributed by atoms with Gasteiger partial charge in [-0.25, -0.2) is 4.39 Å². The summed E-state index contributed by atoms with van der Waals surface area (Å²) in [5.41, 5.74) is -4.78. The van der Waals surface area contributed by atoms with Gasteiger partial charge in [-0.3, -0.25) is 14.6 Å². The Kier molecular flexibility index (Phi) is 8.93. The van der Waals surface area contributed by atoms with Crippen LogP contribution >= 0.6 is 0 Å². The molecule has 1 aromatic heterocycles. The van der Waals surface area contributed by atoms with E-state index in [0.29, 0.717) is 6.07 Å². The molecule has 2 aliphatic heterocycles.